The summed E-state index contributed by atoms with van der Waals surface area (Å²) in [5.41, 5.74) is 3.54. The summed E-state index contributed by atoms with van der Waals surface area (Å²) in [7, 11) is 0. The molecule has 0 amide bonds. The van der Waals surface area contributed by atoms with Crippen LogP contribution in [0.25, 0.3) is 0 Å². The molecule has 7 heteroatoms. The lowest BCUT2D eigenvalue weighted by molar-refractivity contribution is 0.799. The lowest BCUT2D eigenvalue weighted by Crippen LogP contribution is -2.37. The van der Waals surface area contributed by atoms with Crippen LogP contribution in [0.15, 0.2) is 53.7 Å². The first-order valence-corrected chi connectivity index (χ1v) is 10.3. The standard InChI is InChI=1S/C20H27N5S.HI/c1-2-21-20(24-16-18-5-3-4-10-22-18)23-15-17-6-8-19(9-7-17)25-11-13-26-14-12-25;/h3-10H,2,11-16H2,1H3,(H2,21,23,24);1H. The molecule has 0 spiro atoms. The lowest BCUT2D eigenvalue weighted by atomic mass is 10.2. The van der Waals surface area contributed by atoms with Gasteiger partial charge < -0.3 is 15.5 Å². The minimum absolute atomic E-state index is 0. The number of thioether (sulfide) groups is 1. The molecule has 5 nitrogen and oxygen atoms in total. The quantitative estimate of drug-likeness (QED) is 0.364. The third-order valence-electron chi connectivity index (χ3n) is 4.24. The van der Waals surface area contributed by atoms with E-state index in [-0.39, 0.29) is 24.0 Å². The van der Waals surface area contributed by atoms with Crippen LogP contribution < -0.4 is 15.5 Å². The number of rotatable bonds is 6. The largest absolute Gasteiger partial charge is 0.370 e. The van der Waals surface area contributed by atoms with Gasteiger partial charge in [0, 0.05) is 43.0 Å². The normalized spacial score (nSPS) is 14.4. The minimum Gasteiger partial charge on any atom is -0.370 e. The predicted molar refractivity (Wildman–Crippen MR) is 127 cm³/mol. The topological polar surface area (TPSA) is 52.6 Å². The van der Waals surface area contributed by atoms with Gasteiger partial charge in [0.05, 0.1) is 18.8 Å². The molecule has 0 unspecified atom stereocenters. The van der Waals surface area contributed by atoms with E-state index in [4.69, 9.17) is 4.99 Å². The van der Waals surface area contributed by atoms with Gasteiger partial charge in [-0.05, 0) is 36.8 Å². The van der Waals surface area contributed by atoms with E-state index in [1.54, 1.807) is 0 Å². The molecule has 27 heavy (non-hydrogen) atoms. The second kappa shape index (κ2) is 12.1. The Morgan fingerprint density at radius 1 is 1.11 bits per heavy atom. The van der Waals surface area contributed by atoms with Gasteiger partial charge in [0.15, 0.2) is 5.96 Å². The van der Waals surface area contributed by atoms with Gasteiger partial charge in [0.1, 0.15) is 0 Å². The summed E-state index contributed by atoms with van der Waals surface area (Å²) in [5, 5.41) is 6.62. The maximum absolute atomic E-state index is 4.69. The number of benzene rings is 1. The molecule has 1 aromatic heterocycles. The van der Waals surface area contributed by atoms with Gasteiger partial charge >= 0.3 is 0 Å². The number of anilines is 1. The number of aromatic nitrogens is 1. The second-order valence-electron chi connectivity index (χ2n) is 6.14. The maximum atomic E-state index is 4.69. The van der Waals surface area contributed by atoms with E-state index in [2.05, 4.69) is 51.7 Å². The van der Waals surface area contributed by atoms with Crippen LogP contribution in [0.2, 0.25) is 0 Å². The van der Waals surface area contributed by atoms with Crippen LogP contribution >= 0.6 is 35.7 Å². The van der Waals surface area contributed by atoms with Crippen molar-refractivity contribution in [3.63, 3.8) is 0 Å². The third-order valence-corrected chi connectivity index (χ3v) is 5.18. The molecular weight excluding hydrogens is 469 g/mol. The zero-order valence-electron chi connectivity index (χ0n) is 15.7. The Morgan fingerprint density at radius 2 is 1.89 bits per heavy atom. The van der Waals surface area contributed by atoms with Crippen molar-refractivity contribution in [1.29, 1.82) is 0 Å². The predicted octanol–water partition coefficient (Wildman–Crippen LogP) is 3.51. The van der Waals surface area contributed by atoms with Crippen molar-refractivity contribution in [3.05, 3.63) is 59.9 Å². The molecular formula is C20H28IN5S. The summed E-state index contributed by atoms with van der Waals surface area (Å²) >= 11 is 2.04. The highest BCUT2D eigenvalue weighted by Crippen LogP contribution is 2.20. The monoisotopic (exact) mass is 497 g/mol. The van der Waals surface area contributed by atoms with Gasteiger partial charge in [-0.1, -0.05) is 18.2 Å². The molecule has 3 rings (SSSR count). The molecule has 0 bridgehead atoms. The highest BCUT2D eigenvalue weighted by molar-refractivity contribution is 14.0. The molecule has 1 aliphatic heterocycles. The zero-order valence-corrected chi connectivity index (χ0v) is 18.9. The van der Waals surface area contributed by atoms with Gasteiger partial charge in [-0.25, -0.2) is 4.99 Å². The van der Waals surface area contributed by atoms with E-state index in [0.717, 1.165) is 31.3 Å². The van der Waals surface area contributed by atoms with Crippen molar-refractivity contribution in [3.8, 4) is 0 Å². The number of nitrogens with one attached hydrogen (secondary N) is 2. The molecule has 146 valence electrons. The Labute approximate surface area is 183 Å². The van der Waals surface area contributed by atoms with E-state index in [1.165, 1.54) is 22.8 Å². The second-order valence-corrected chi connectivity index (χ2v) is 7.36. The van der Waals surface area contributed by atoms with E-state index in [0.29, 0.717) is 13.1 Å². The van der Waals surface area contributed by atoms with Crippen molar-refractivity contribution < 1.29 is 0 Å². The summed E-state index contributed by atoms with van der Waals surface area (Å²) < 4.78 is 0. The summed E-state index contributed by atoms with van der Waals surface area (Å²) in [5.74, 6) is 3.26. The molecule has 0 atom stereocenters. The number of nitrogens with zero attached hydrogens (tertiary/aromatic N) is 3. The number of pyridine rings is 1. The molecule has 1 fully saturated rings. The van der Waals surface area contributed by atoms with E-state index in [1.807, 2.05) is 36.2 Å². The van der Waals surface area contributed by atoms with Gasteiger partial charge in [-0.3, -0.25) is 4.98 Å². The fourth-order valence-electron chi connectivity index (χ4n) is 2.82. The fraction of sp³-hybridized carbons (Fsp3) is 0.400. The zero-order chi connectivity index (χ0) is 18.0. The summed E-state index contributed by atoms with van der Waals surface area (Å²) in [4.78, 5) is 11.5. The highest BCUT2D eigenvalue weighted by atomic mass is 127. The smallest absolute Gasteiger partial charge is 0.191 e. The molecule has 2 aromatic rings. The number of aliphatic imine (C=N–C) groups is 1. The highest BCUT2D eigenvalue weighted by Gasteiger charge is 2.10. The van der Waals surface area contributed by atoms with E-state index < -0.39 is 0 Å². The summed E-state index contributed by atoms with van der Waals surface area (Å²) in [6.07, 6.45) is 1.81. The van der Waals surface area contributed by atoms with Gasteiger partial charge in [0.25, 0.3) is 0 Å². The molecule has 0 aliphatic carbocycles. The Balaban J connectivity index is 0.00000261. The van der Waals surface area contributed by atoms with Gasteiger partial charge in [0.2, 0.25) is 0 Å². The van der Waals surface area contributed by atoms with Crippen molar-refractivity contribution in [2.75, 3.05) is 36.0 Å². The first-order valence-electron chi connectivity index (χ1n) is 9.19. The van der Waals surface area contributed by atoms with Crippen molar-refractivity contribution >= 4 is 47.4 Å². The molecule has 2 heterocycles. The van der Waals surface area contributed by atoms with Crippen LogP contribution in [0.4, 0.5) is 5.69 Å². The maximum Gasteiger partial charge on any atom is 0.191 e. The average Bonchev–Trinajstić information content (AvgIpc) is 2.72. The molecule has 1 aromatic carbocycles. The van der Waals surface area contributed by atoms with Crippen LogP contribution in [0, 0.1) is 0 Å². The lowest BCUT2D eigenvalue weighted by Gasteiger charge is -2.28. The molecule has 0 saturated carbocycles. The van der Waals surface area contributed by atoms with Gasteiger partial charge in [-0.2, -0.15) is 11.8 Å². The van der Waals surface area contributed by atoms with E-state index in [9.17, 15) is 0 Å². The fourth-order valence-corrected chi connectivity index (χ4v) is 3.73. The van der Waals surface area contributed by atoms with Crippen LogP contribution in [0.3, 0.4) is 0 Å². The van der Waals surface area contributed by atoms with Crippen LogP contribution in [-0.4, -0.2) is 42.1 Å². The molecule has 2 N–H and O–H groups in total. The first kappa shape index (κ1) is 21.8. The number of guanidine groups is 1. The number of hydrogen-bond acceptors (Lipinski definition) is 4. The molecule has 1 saturated heterocycles. The Kier molecular flexibility index (Phi) is 9.75. The van der Waals surface area contributed by atoms with Crippen molar-refractivity contribution in [2.24, 2.45) is 4.99 Å². The third kappa shape index (κ3) is 7.21. The van der Waals surface area contributed by atoms with Crippen LogP contribution in [0.5, 0.6) is 0 Å². The van der Waals surface area contributed by atoms with Crippen LogP contribution in [-0.2, 0) is 13.1 Å². The van der Waals surface area contributed by atoms with Crippen LogP contribution in [0.1, 0.15) is 18.2 Å². The number of halogens is 1. The summed E-state index contributed by atoms with van der Waals surface area (Å²) in [6, 6.07) is 14.7. The molecule has 1 aliphatic rings. The number of hydrogen-bond donors (Lipinski definition) is 2. The Bertz CT molecular complexity index is 687. The molecule has 0 radical (unpaired) electrons. The van der Waals surface area contributed by atoms with Crippen molar-refractivity contribution in [2.45, 2.75) is 20.0 Å². The Morgan fingerprint density at radius 3 is 2.56 bits per heavy atom. The SMILES string of the molecule is CCNC(=NCc1ccc(N2CCSCC2)cc1)NCc1ccccn1.I. The average molecular weight is 497 g/mol. The van der Waals surface area contributed by atoms with E-state index >= 15 is 0 Å². The minimum atomic E-state index is 0. The van der Waals surface area contributed by atoms with Gasteiger partial charge in [-0.15, -0.1) is 24.0 Å². The Hall–Kier alpha value is -1.48. The summed E-state index contributed by atoms with van der Waals surface area (Å²) in [6.45, 7) is 6.52. The van der Waals surface area contributed by atoms with Crippen molar-refractivity contribution in [1.82, 2.24) is 15.6 Å². The first-order chi connectivity index (χ1) is 12.8.